The molecule has 1 unspecified atom stereocenters. The van der Waals surface area contributed by atoms with Crippen LogP contribution in [-0.2, 0) is 0 Å². The molecule has 0 aliphatic heterocycles. The number of nitrogens with one attached hydrogen (secondary N) is 1. The summed E-state index contributed by atoms with van der Waals surface area (Å²) in [7, 11) is 0. The van der Waals surface area contributed by atoms with Gasteiger partial charge in [0.1, 0.15) is 0 Å². The van der Waals surface area contributed by atoms with Crippen LogP contribution in [0.5, 0.6) is 0 Å². The van der Waals surface area contributed by atoms with Crippen LogP contribution in [0.3, 0.4) is 0 Å². The van der Waals surface area contributed by atoms with Crippen molar-refractivity contribution in [1.29, 1.82) is 0 Å². The molecule has 0 fully saturated rings. The van der Waals surface area contributed by atoms with E-state index in [-0.39, 0.29) is 11.4 Å². The van der Waals surface area contributed by atoms with Crippen LogP contribution in [0.2, 0.25) is 5.02 Å². The lowest BCUT2D eigenvalue weighted by Crippen LogP contribution is -2.47. The van der Waals surface area contributed by atoms with Gasteiger partial charge in [-0.05, 0) is 31.5 Å². The molecule has 1 atom stereocenters. The lowest BCUT2D eigenvalue weighted by molar-refractivity contribution is 0.0913. The highest BCUT2D eigenvalue weighted by Crippen LogP contribution is 2.22. The van der Waals surface area contributed by atoms with Crippen LogP contribution in [-0.4, -0.2) is 16.8 Å². The molecule has 1 N–H and O–H groups in total. The van der Waals surface area contributed by atoms with E-state index in [0.29, 0.717) is 15.9 Å². The van der Waals surface area contributed by atoms with Crippen molar-refractivity contribution in [2.75, 3.05) is 5.33 Å². The molecule has 1 rings (SSSR count). The fraction of sp³-hybridized carbons (Fsp3) is 0.417. The Morgan fingerprint density at radius 2 is 2.18 bits per heavy atom. The van der Waals surface area contributed by atoms with Gasteiger partial charge in [0.15, 0.2) is 0 Å². The highest BCUT2D eigenvalue weighted by Gasteiger charge is 2.24. The fourth-order valence-corrected chi connectivity index (χ4v) is 2.53. The minimum Gasteiger partial charge on any atom is -0.346 e. The third-order valence-electron chi connectivity index (χ3n) is 2.67. The Bertz CT molecular complexity index is 419. The maximum atomic E-state index is 12.1. The molecule has 0 aliphatic carbocycles. The van der Waals surface area contributed by atoms with Crippen molar-refractivity contribution in [2.45, 2.75) is 25.8 Å². The standard InChI is InChI=1S/C12H14Br2ClNO/c1-3-12(2,7-13)16-11(17)9-5-4-8(14)6-10(9)15/h4-6H,3,7H2,1-2H3,(H,16,17). The lowest BCUT2D eigenvalue weighted by Gasteiger charge is -2.27. The number of benzene rings is 1. The molecule has 0 radical (unpaired) electrons. The second-order valence-corrected chi connectivity index (χ2v) is 6.01. The van der Waals surface area contributed by atoms with Crippen molar-refractivity contribution in [3.05, 3.63) is 33.3 Å². The molecule has 0 aliphatic rings. The Morgan fingerprint density at radius 1 is 1.53 bits per heavy atom. The Hall–Kier alpha value is -0.0600. The number of halogens is 3. The molecule has 5 heteroatoms. The summed E-state index contributed by atoms with van der Waals surface area (Å²) < 4.78 is 0.859. The molecular formula is C12H14Br2ClNO. The van der Waals surface area contributed by atoms with Gasteiger partial charge in [-0.3, -0.25) is 4.79 Å². The maximum Gasteiger partial charge on any atom is 0.253 e. The summed E-state index contributed by atoms with van der Waals surface area (Å²) in [5.74, 6) is -0.147. The molecule has 0 spiro atoms. The monoisotopic (exact) mass is 381 g/mol. The zero-order valence-corrected chi connectivity index (χ0v) is 13.6. The summed E-state index contributed by atoms with van der Waals surface area (Å²) >= 11 is 12.8. The number of rotatable bonds is 4. The summed E-state index contributed by atoms with van der Waals surface area (Å²) in [6.45, 7) is 4.02. The Morgan fingerprint density at radius 3 is 2.65 bits per heavy atom. The molecular weight excluding hydrogens is 369 g/mol. The first-order valence-corrected chi connectivity index (χ1v) is 7.54. The van der Waals surface area contributed by atoms with Gasteiger partial charge in [0.05, 0.1) is 10.6 Å². The number of amides is 1. The smallest absolute Gasteiger partial charge is 0.253 e. The van der Waals surface area contributed by atoms with Gasteiger partial charge in [0, 0.05) is 15.3 Å². The van der Waals surface area contributed by atoms with Gasteiger partial charge in [-0.1, -0.05) is 50.4 Å². The van der Waals surface area contributed by atoms with E-state index in [1.54, 1.807) is 18.2 Å². The lowest BCUT2D eigenvalue weighted by atomic mass is 10.0. The van der Waals surface area contributed by atoms with Crippen molar-refractivity contribution in [1.82, 2.24) is 5.32 Å². The van der Waals surface area contributed by atoms with Gasteiger partial charge in [-0.2, -0.15) is 0 Å². The summed E-state index contributed by atoms with van der Waals surface area (Å²) in [5, 5.41) is 4.14. The average molecular weight is 384 g/mol. The second-order valence-electron chi connectivity index (χ2n) is 4.13. The Kier molecular flexibility index (Phi) is 5.48. The van der Waals surface area contributed by atoms with Crippen molar-refractivity contribution >= 4 is 49.4 Å². The van der Waals surface area contributed by atoms with E-state index in [1.165, 1.54) is 0 Å². The first kappa shape index (κ1) is 15.0. The molecule has 17 heavy (non-hydrogen) atoms. The van der Waals surface area contributed by atoms with Crippen molar-refractivity contribution in [3.63, 3.8) is 0 Å². The zero-order valence-electron chi connectivity index (χ0n) is 9.69. The van der Waals surface area contributed by atoms with Gasteiger partial charge < -0.3 is 5.32 Å². The van der Waals surface area contributed by atoms with Crippen molar-refractivity contribution in [3.8, 4) is 0 Å². The van der Waals surface area contributed by atoms with Crippen LogP contribution in [0, 0.1) is 0 Å². The largest absolute Gasteiger partial charge is 0.346 e. The van der Waals surface area contributed by atoms with Crippen LogP contribution in [0.15, 0.2) is 22.7 Å². The summed E-state index contributed by atoms with van der Waals surface area (Å²) in [6, 6.07) is 5.23. The molecule has 0 heterocycles. The van der Waals surface area contributed by atoms with E-state index in [0.717, 1.165) is 10.9 Å². The van der Waals surface area contributed by atoms with E-state index >= 15 is 0 Å². The van der Waals surface area contributed by atoms with Crippen molar-refractivity contribution < 1.29 is 4.79 Å². The Balaban J connectivity index is 2.90. The zero-order chi connectivity index (χ0) is 13.1. The van der Waals surface area contributed by atoms with Gasteiger partial charge >= 0.3 is 0 Å². The summed E-state index contributed by atoms with van der Waals surface area (Å²) in [4.78, 5) is 12.1. The molecule has 94 valence electrons. The summed E-state index contributed by atoms with van der Waals surface area (Å²) in [6.07, 6.45) is 0.845. The summed E-state index contributed by atoms with van der Waals surface area (Å²) in [5.41, 5.74) is 0.239. The third-order valence-corrected chi connectivity index (χ3v) is 4.71. The SMILES string of the molecule is CCC(C)(CBr)NC(=O)c1ccc(Br)cc1Cl. The molecule has 0 saturated heterocycles. The molecule has 2 nitrogen and oxygen atoms in total. The predicted octanol–water partition coefficient (Wildman–Crippen LogP) is 4.40. The van der Waals surface area contributed by atoms with Gasteiger partial charge in [-0.15, -0.1) is 0 Å². The first-order valence-electron chi connectivity index (χ1n) is 5.25. The number of hydrogen-bond acceptors (Lipinski definition) is 1. The van der Waals surface area contributed by atoms with E-state index in [4.69, 9.17) is 11.6 Å². The van der Waals surface area contributed by atoms with Gasteiger partial charge in [-0.25, -0.2) is 0 Å². The van der Waals surface area contributed by atoms with E-state index < -0.39 is 0 Å². The topological polar surface area (TPSA) is 29.1 Å². The van der Waals surface area contributed by atoms with Crippen LogP contribution in [0.1, 0.15) is 30.6 Å². The van der Waals surface area contributed by atoms with Crippen LogP contribution >= 0.6 is 43.5 Å². The highest BCUT2D eigenvalue weighted by atomic mass is 79.9. The molecule has 0 aromatic heterocycles. The predicted molar refractivity (Wildman–Crippen MR) is 79.1 cm³/mol. The Labute approximate surface area is 123 Å². The fourth-order valence-electron chi connectivity index (χ4n) is 1.23. The molecule has 0 bridgehead atoms. The minimum absolute atomic E-state index is 0.147. The van der Waals surface area contributed by atoms with Crippen LogP contribution in [0.4, 0.5) is 0 Å². The highest BCUT2D eigenvalue weighted by molar-refractivity contribution is 9.10. The first-order chi connectivity index (χ1) is 7.91. The van der Waals surface area contributed by atoms with Crippen LogP contribution in [0.25, 0.3) is 0 Å². The van der Waals surface area contributed by atoms with E-state index in [2.05, 4.69) is 37.2 Å². The number of carbonyl (C=O) groups excluding carboxylic acids is 1. The molecule has 1 aromatic rings. The number of hydrogen-bond donors (Lipinski definition) is 1. The van der Waals surface area contributed by atoms with E-state index in [1.807, 2.05) is 13.8 Å². The van der Waals surface area contributed by atoms with Gasteiger partial charge in [0.2, 0.25) is 0 Å². The minimum atomic E-state index is -0.256. The van der Waals surface area contributed by atoms with E-state index in [9.17, 15) is 4.79 Å². The normalized spacial score (nSPS) is 14.2. The quantitative estimate of drug-likeness (QED) is 0.768. The maximum absolute atomic E-state index is 12.1. The second kappa shape index (κ2) is 6.21. The van der Waals surface area contributed by atoms with Gasteiger partial charge in [0.25, 0.3) is 5.91 Å². The third kappa shape index (κ3) is 3.97. The average Bonchev–Trinajstić information content (AvgIpc) is 2.28. The number of alkyl halides is 1. The van der Waals surface area contributed by atoms with Crippen LogP contribution < -0.4 is 5.32 Å². The molecule has 1 amide bonds. The van der Waals surface area contributed by atoms with Crippen molar-refractivity contribution in [2.24, 2.45) is 0 Å². The molecule has 1 aromatic carbocycles. The molecule has 0 saturated carbocycles. The number of carbonyl (C=O) groups is 1.